The highest BCUT2D eigenvalue weighted by Crippen LogP contribution is 2.30. The van der Waals surface area contributed by atoms with Gasteiger partial charge in [-0.1, -0.05) is 6.07 Å². The summed E-state index contributed by atoms with van der Waals surface area (Å²) in [6, 6.07) is 8.08. The third-order valence-corrected chi connectivity index (χ3v) is 3.34. The normalized spacial score (nSPS) is 10.1. The average Bonchev–Trinajstić information content (AvgIpc) is 2.60. The highest BCUT2D eigenvalue weighted by Gasteiger charge is 2.17. The van der Waals surface area contributed by atoms with E-state index < -0.39 is 22.4 Å². The van der Waals surface area contributed by atoms with Gasteiger partial charge in [0.25, 0.3) is 11.6 Å². The molecule has 2 aromatic carbocycles. The lowest BCUT2D eigenvalue weighted by atomic mass is 10.2. The number of nitrogens with zero attached hydrogens (tertiary/aromatic N) is 2. The number of amides is 1. The van der Waals surface area contributed by atoms with Crippen molar-refractivity contribution in [3.8, 4) is 11.5 Å². The van der Waals surface area contributed by atoms with Gasteiger partial charge in [0.1, 0.15) is 5.75 Å². The molecule has 0 aliphatic carbocycles. The fraction of sp³-hybridized carbons (Fsp3) is 0.188. The van der Waals surface area contributed by atoms with Crippen molar-refractivity contribution in [3.63, 3.8) is 0 Å². The van der Waals surface area contributed by atoms with Gasteiger partial charge in [-0.05, 0) is 24.6 Å². The van der Waals surface area contributed by atoms with Crippen LogP contribution in [0.2, 0.25) is 0 Å². The molecule has 1 amide bonds. The lowest BCUT2D eigenvalue weighted by molar-refractivity contribution is -0.385. The molecule has 0 atom stereocenters. The number of carbonyl (C=O) groups is 1. The van der Waals surface area contributed by atoms with Gasteiger partial charge in [-0.2, -0.15) is 0 Å². The Bertz CT molecular complexity index is 867. The third kappa shape index (κ3) is 4.44. The number of nitro groups is 2. The van der Waals surface area contributed by atoms with Crippen LogP contribution in [0.3, 0.4) is 0 Å². The molecular weight excluding hydrogens is 346 g/mol. The maximum Gasteiger partial charge on any atom is 0.311 e. The van der Waals surface area contributed by atoms with Gasteiger partial charge in [0.2, 0.25) is 0 Å². The van der Waals surface area contributed by atoms with E-state index in [2.05, 4.69) is 5.32 Å². The molecule has 2 aromatic rings. The first-order valence-corrected chi connectivity index (χ1v) is 7.32. The summed E-state index contributed by atoms with van der Waals surface area (Å²) in [5.41, 5.74) is 0.464. The Kier molecular flexibility index (Phi) is 5.68. The zero-order valence-corrected chi connectivity index (χ0v) is 13.9. The first-order valence-electron chi connectivity index (χ1n) is 7.32. The largest absolute Gasteiger partial charge is 0.494 e. The molecule has 10 heteroatoms. The average molecular weight is 361 g/mol. The Labute approximate surface area is 147 Å². The van der Waals surface area contributed by atoms with Crippen LogP contribution in [0.25, 0.3) is 0 Å². The highest BCUT2D eigenvalue weighted by molar-refractivity contribution is 5.93. The molecule has 136 valence electrons. The number of benzene rings is 2. The summed E-state index contributed by atoms with van der Waals surface area (Å²) >= 11 is 0. The zero-order valence-electron chi connectivity index (χ0n) is 13.9. The van der Waals surface area contributed by atoms with Gasteiger partial charge in [-0.15, -0.1) is 0 Å². The molecule has 0 unspecified atom stereocenters. The van der Waals surface area contributed by atoms with Crippen molar-refractivity contribution >= 4 is 23.0 Å². The Balaban J connectivity index is 2.08. The number of nitrogens with one attached hydrogen (secondary N) is 1. The third-order valence-electron chi connectivity index (χ3n) is 3.34. The quantitative estimate of drug-likeness (QED) is 0.592. The Hall–Kier alpha value is -3.69. The standard InChI is InChI=1S/C16H15N3O7/c1-10-3-6-14(13(7-10)19(23)24)26-9-16(20)17-12-5-4-11(18(21)22)8-15(12)25-2/h3-8H,9H2,1-2H3,(H,17,20). The molecule has 0 aliphatic heterocycles. The Morgan fingerprint density at radius 1 is 1.08 bits per heavy atom. The van der Waals surface area contributed by atoms with Crippen molar-refractivity contribution in [2.75, 3.05) is 19.0 Å². The summed E-state index contributed by atoms with van der Waals surface area (Å²) in [6.45, 7) is 1.22. The molecule has 0 spiro atoms. The molecule has 2 rings (SSSR count). The van der Waals surface area contributed by atoms with E-state index >= 15 is 0 Å². The Morgan fingerprint density at radius 3 is 2.42 bits per heavy atom. The molecule has 0 fully saturated rings. The predicted octanol–water partition coefficient (Wildman–Crippen LogP) is 2.84. The van der Waals surface area contributed by atoms with E-state index in [4.69, 9.17) is 9.47 Å². The second-order valence-electron chi connectivity index (χ2n) is 5.21. The number of nitro benzene ring substituents is 2. The van der Waals surface area contributed by atoms with Gasteiger partial charge < -0.3 is 14.8 Å². The molecule has 0 aromatic heterocycles. The van der Waals surface area contributed by atoms with Crippen LogP contribution in [-0.4, -0.2) is 29.5 Å². The van der Waals surface area contributed by atoms with E-state index in [1.807, 2.05) is 0 Å². The van der Waals surface area contributed by atoms with Crippen molar-refractivity contribution in [2.45, 2.75) is 6.92 Å². The fourth-order valence-electron chi connectivity index (χ4n) is 2.12. The monoisotopic (exact) mass is 361 g/mol. The van der Waals surface area contributed by atoms with Crippen LogP contribution in [0.15, 0.2) is 36.4 Å². The molecule has 0 heterocycles. The molecule has 0 aliphatic rings. The summed E-state index contributed by atoms with van der Waals surface area (Å²) in [5.74, 6) is -0.535. The fourth-order valence-corrected chi connectivity index (χ4v) is 2.12. The number of hydrogen-bond acceptors (Lipinski definition) is 7. The smallest absolute Gasteiger partial charge is 0.311 e. The number of anilines is 1. The van der Waals surface area contributed by atoms with E-state index in [0.29, 0.717) is 5.56 Å². The van der Waals surface area contributed by atoms with Crippen molar-refractivity contribution in [3.05, 3.63) is 62.2 Å². The maximum atomic E-state index is 12.0. The number of hydrogen-bond donors (Lipinski definition) is 1. The van der Waals surface area contributed by atoms with Gasteiger partial charge in [0.05, 0.1) is 28.7 Å². The van der Waals surface area contributed by atoms with Crippen LogP contribution in [0.4, 0.5) is 17.1 Å². The molecule has 1 N–H and O–H groups in total. The number of methoxy groups -OCH3 is 1. The van der Waals surface area contributed by atoms with Crippen molar-refractivity contribution in [1.82, 2.24) is 0 Å². The van der Waals surface area contributed by atoms with Gasteiger partial charge in [-0.3, -0.25) is 25.0 Å². The number of ether oxygens (including phenoxy) is 2. The van der Waals surface area contributed by atoms with Crippen LogP contribution in [0.1, 0.15) is 5.56 Å². The van der Waals surface area contributed by atoms with Gasteiger partial charge in [0, 0.05) is 12.1 Å². The molecule has 0 radical (unpaired) electrons. The minimum absolute atomic E-state index is 0.0357. The van der Waals surface area contributed by atoms with Crippen LogP contribution in [0.5, 0.6) is 11.5 Å². The highest BCUT2D eigenvalue weighted by atomic mass is 16.6. The number of rotatable bonds is 7. The van der Waals surface area contributed by atoms with E-state index in [0.717, 1.165) is 0 Å². The van der Waals surface area contributed by atoms with Gasteiger partial charge >= 0.3 is 5.69 Å². The Morgan fingerprint density at radius 2 is 1.81 bits per heavy atom. The van der Waals surface area contributed by atoms with Gasteiger partial charge in [0.15, 0.2) is 12.4 Å². The molecule has 0 saturated carbocycles. The van der Waals surface area contributed by atoms with Crippen molar-refractivity contribution < 1.29 is 24.1 Å². The second-order valence-corrected chi connectivity index (χ2v) is 5.21. The van der Waals surface area contributed by atoms with Gasteiger partial charge in [-0.25, -0.2) is 0 Å². The number of carbonyl (C=O) groups excluding carboxylic acids is 1. The second kappa shape index (κ2) is 7.92. The van der Waals surface area contributed by atoms with Crippen molar-refractivity contribution in [1.29, 1.82) is 0 Å². The van der Waals surface area contributed by atoms with E-state index in [9.17, 15) is 25.0 Å². The van der Waals surface area contributed by atoms with Crippen LogP contribution in [0, 0.1) is 27.2 Å². The lowest BCUT2D eigenvalue weighted by Gasteiger charge is -2.11. The number of non-ortho nitro benzene ring substituents is 1. The van der Waals surface area contributed by atoms with E-state index in [-0.39, 0.29) is 28.6 Å². The predicted molar refractivity (Wildman–Crippen MR) is 91.6 cm³/mol. The van der Waals surface area contributed by atoms with Crippen LogP contribution in [-0.2, 0) is 4.79 Å². The summed E-state index contributed by atoms with van der Waals surface area (Å²) in [7, 11) is 1.31. The molecule has 10 nitrogen and oxygen atoms in total. The zero-order chi connectivity index (χ0) is 19.3. The topological polar surface area (TPSA) is 134 Å². The SMILES string of the molecule is COc1cc([N+](=O)[O-])ccc1NC(=O)COc1ccc(C)cc1[N+](=O)[O-]. The summed E-state index contributed by atoms with van der Waals surface area (Å²) in [5, 5.41) is 24.3. The minimum atomic E-state index is -0.605. The molecular formula is C16H15N3O7. The molecule has 0 bridgehead atoms. The van der Waals surface area contributed by atoms with E-state index in [1.165, 1.54) is 37.4 Å². The van der Waals surface area contributed by atoms with Crippen LogP contribution < -0.4 is 14.8 Å². The maximum absolute atomic E-state index is 12.0. The first kappa shape index (κ1) is 18.6. The first-order chi connectivity index (χ1) is 12.3. The molecule has 26 heavy (non-hydrogen) atoms. The molecule has 0 saturated heterocycles. The summed E-state index contributed by atoms with van der Waals surface area (Å²) < 4.78 is 10.2. The number of aryl methyl sites for hydroxylation is 1. The summed E-state index contributed by atoms with van der Waals surface area (Å²) in [4.78, 5) is 32.6. The minimum Gasteiger partial charge on any atom is -0.494 e. The van der Waals surface area contributed by atoms with Crippen molar-refractivity contribution in [2.24, 2.45) is 0 Å². The van der Waals surface area contributed by atoms with E-state index in [1.54, 1.807) is 13.0 Å². The lowest BCUT2D eigenvalue weighted by Crippen LogP contribution is -2.20. The summed E-state index contributed by atoms with van der Waals surface area (Å²) in [6.07, 6.45) is 0. The van der Waals surface area contributed by atoms with Crippen LogP contribution >= 0.6 is 0 Å².